The summed E-state index contributed by atoms with van der Waals surface area (Å²) < 4.78 is 0. The van der Waals surface area contributed by atoms with Crippen LogP contribution in [0.2, 0.25) is 0 Å². The molecule has 0 fully saturated rings. The van der Waals surface area contributed by atoms with Crippen LogP contribution in [0.15, 0.2) is 5.16 Å². The van der Waals surface area contributed by atoms with Crippen LogP contribution in [0, 0.1) is 5.41 Å². The third-order valence-electron chi connectivity index (χ3n) is 2.56. The minimum atomic E-state index is -0.514. The summed E-state index contributed by atoms with van der Waals surface area (Å²) >= 11 is 0. The molecule has 7 nitrogen and oxygen atoms in total. The van der Waals surface area contributed by atoms with Crippen molar-refractivity contribution in [1.29, 1.82) is 0 Å². The Kier molecular flexibility index (Phi) is 7.04. The molecule has 0 heterocycles. The molecule has 0 bridgehead atoms. The van der Waals surface area contributed by atoms with E-state index in [1.807, 2.05) is 13.8 Å². The topological polar surface area (TPSA) is 126 Å². The van der Waals surface area contributed by atoms with E-state index in [1.165, 1.54) is 0 Å². The predicted octanol–water partition coefficient (Wildman–Crippen LogP) is -0.203. The summed E-state index contributed by atoms with van der Waals surface area (Å²) in [4.78, 5) is 10.4. The molecular formula is C10H23N5O2. The number of urea groups is 1. The smallest absolute Gasteiger partial charge is 0.312 e. The molecule has 100 valence electrons. The number of nitrogens with one attached hydrogen (secondary N) is 2. The highest BCUT2D eigenvalue weighted by atomic mass is 16.4. The minimum Gasteiger partial charge on any atom is -0.409 e. The molecular weight excluding hydrogens is 222 g/mol. The molecule has 0 rings (SSSR count). The lowest BCUT2D eigenvalue weighted by atomic mass is 9.86. The monoisotopic (exact) mass is 245 g/mol. The number of carbonyl (C=O) groups is 1. The maximum absolute atomic E-state index is 10.4. The fourth-order valence-electron chi connectivity index (χ4n) is 1.32. The van der Waals surface area contributed by atoms with Crippen LogP contribution in [0.25, 0.3) is 0 Å². The number of hydrogen-bond donors (Lipinski definition) is 5. The van der Waals surface area contributed by atoms with E-state index in [9.17, 15) is 4.79 Å². The van der Waals surface area contributed by atoms with Crippen molar-refractivity contribution in [2.45, 2.75) is 26.7 Å². The second-order valence-electron chi connectivity index (χ2n) is 4.51. The summed E-state index contributed by atoms with van der Waals surface area (Å²) in [5.41, 5.74) is 10.2. The van der Waals surface area contributed by atoms with E-state index in [4.69, 9.17) is 16.7 Å². The molecule has 0 saturated heterocycles. The van der Waals surface area contributed by atoms with Gasteiger partial charge in [-0.15, -0.1) is 0 Å². The number of oxime groups is 1. The Hall–Kier alpha value is -1.50. The summed E-state index contributed by atoms with van der Waals surface area (Å²) in [5, 5.41) is 17.3. The quantitative estimate of drug-likeness (QED) is 0.133. The third kappa shape index (κ3) is 7.40. The third-order valence-corrected chi connectivity index (χ3v) is 2.56. The van der Waals surface area contributed by atoms with Crippen molar-refractivity contribution in [2.24, 2.45) is 22.0 Å². The molecule has 0 aliphatic carbocycles. The van der Waals surface area contributed by atoms with Crippen molar-refractivity contribution in [3.63, 3.8) is 0 Å². The van der Waals surface area contributed by atoms with Gasteiger partial charge in [0.2, 0.25) is 0 Å². The zero-order valence-corrected chi connectivity index (χ0v) is 10.5. The Morgan fingerprint density at radius 2 is 1.94 bits per heavy atom. The van der Waals surface area contributed by atoms with Crippen LogP contribution in [0.5, 0.6) is 0 Å². The number of primary amides is 1. The van der Waals surface area contributed by atoms with Gasteiger partial charge >= 0.3 is 6.03 Å². The average molecular weight is 245 g/mol. The number of amides is 2. The Morgan fingerprint density at radius 3 is 2.47 bits per heavy atom. The van der Waals surface area contributed by atoms with E-state index in [-0.39, 0.29) is 11.3 Å². The first-order valence-electron chi connectivity index (χ1n) is 5.62. The van der Waals surface area contributed by atoms with Crippen LogP contribution in [0.1, 0.15) is 26.7 Å². The van der Waals surface area contributed by atoms with Crippen molar-refractivity contribution in [2.75, 3.05) is 19.6 Å². The molecule has 0 aromatic rings. The first-order valence-corrected chi connectivity index (χ1v) is 5.62. The molecule has 2 amide bonds. The zero-order valence-electron chi connectivity index (χ0n) is 10.5. The van der Waals surface area contributed by atoms with E-state index in [2.05, 4.69) is 15.8 Å². The average Bonchev–Trinajstić information content (AvgIpc) is 2.26. The highest BCUT2D eigenvalue weighted by Crippen LogP contribution is 2.21. The highest BCUT2D eigenvalue weighted by molar-refractivity contribution is 5.85. The largest absolute Gasteiger partial charge is 0.409 e. The summed E-state index contributed by atoms with van der Waals surface area (Å²) in [7, 11) is 0. The van der Waals surface area contributed by atoms with Crippen LogP contribution in [-0.4, -0.2) is 36.7 Å². The molecule has 7 heteroatoms. The van der Waals surface area contributed by atoms with E-state index in [0.717, 1.165) is 19.4 Å². The standard InChI is InChI=1S/C10H23N5O2/c1-10(2,8(11)15-17)4-3-5-13-6-7-14-9(12)16/h13,17H,3-7H2,1-2H3,(H2,11,15)(H3,12,14,16). The van der Waals surface area contributed by atoms with Gasteiger partial charge in [0.25, 0.3) is 0 Å². The second kappa shape index (κ2) is 7.72. The molecule has 17 heavy (non-hydrogen) atoms. The fourth-order valence-corrected chi connectivity index (χ4v) is 1.32. The normalized spacial score (nSPS) is 12.5. The van der Waals surface area contributed by atoms with Crippen molar-refractivity contribution >= 4 is 11.9 Å². The van der Waals surface area contributed by atoms with Gasteiger partial charge in [0.15, 0.2) is 0 Å². The molecule has 0 atom stereocenters. The van der Waals surface area contributed by atoms with Crippen LogP contribution in [0.3, 0.4) is 0 Å². The maximum Gasteiger partial charge on any atom is 0.312 e. The molecule has 0 aromatic carbocycles. The van der Waals surface area contributed by atoms with Gasteiger partial charge in [-0.2, -0.15) is 0 Å². The minimum absolute atomic E-state index is 0.243. The molecule has 0 saturated carbocycles. The van der Waals surface area contributed by atoms with Gasteiger partial charge in [-0.1, -0.05) is 19.0 Å². The highest BCUT2D eigenvalue weighted by Gasteiger charge is 2.22. The molecule has 0 aromatic heterocycles. The van der Waals surface area contributed by atoms with Crippen LogP contribution in [0.4, 0.5) is 4.79 Å². The van der Waals surface area contributed by atoms with Gasteiger partial charge in [0, 0.05) is 18.5 Å². The van der Waals surface area contributed by atoms with Crippen molar-refractivity contribution in [3.05, 3.63) is 0 Å². The molecule has 0 spiro atoms. The summed E-state index contributed by atoms with van der Waals surface area (Å²) in [5.74, 6) is 0.243. The summed E-state index contributed by atoms with van der Waals surface area (Å²) in [6.45, 7) is 5.85. The fraction of sp³-hybridized carbons (Fsp3) is 0.800. The SMILES string of the molecule is CC(C)(CCCNCCNC(N)=O)C(N)=NO. The Balaban J connectivity index is 3.55. The number of rotatable bonds is 8. The lowest BCUT2D eigenvalue weighted by molar-refractivity contribution is 0.249. The molecule has 0 aliphatic rings. The van der Waals surface area contributed by atoms with Crippen LogP contribution < -0.4 is 22.1 Å². The van der Waals surface area contributed by atoms with Crippen molar-refractivity contribution < 1.29 is 10.0 Å². The summed E-state index contributed by atoms with van der Waals surface area (Å²) in [6.07, 6.45) is 1.72. The molecule has 0 aliphatic heterocycles. The Labute approximate surface area is 102 Å². The van der Waals surface area contributed by atoms with Crippen molar-refractivity contribution in [3.8, 4) is 0 Å². The molecule has 0 radical (unpaired) electrons. The van der Waals surface area contributed by atoms with Crippen molar-refractivity contribution in [1.82, 2.24) is 10.6 Å². The van der Waals surface area contributed by atoms with Gasteiger partial charge in [-0.05, 0) is 19.4 Å². The lowest BCUT2D eigenvalue weighted by Crippen LogP contribution is -2.36. The predicted molar refractivity (Wildman–Crippen MR) is 66.9 cm³/mol. The van der Waals surface area contributed by atoms with Gasteiger partial charge in [0.05, 0.1) is 0 Å². The van der Waals surface area contributed by atoms with Gasteiger partial charge in [0.1, 0.15) is 5.84 Å². The van der Waals surface area contributed by atoms with E-state index in [1.54, 1.807) is 0 Å². The number of hydrogen-bond acceptors (Lipinski definition) is 4. The zero-order chi connectivity index (χ0) is 13.3. The van der Waals surface area contributed by atoms with Gasteiger partial charge in [-0.3, -0.25) is 0 Å². The van der Waals surface area contributed by atoms with Gasteiger partial charge in [-0.25, -0.2) is 4.79 Å². The number of carbonyl (C=O) groups excluding carboxylic acids is 1. The van der Waals surface area contributed by atoms with Gasteiger partial charge < -0.3 is 27.3 Å². The number of nitrogens with zero attached hydrogens (tertiary/aromatic N) is 1. The maximum atomic E-state index is 10.4. The Morgan fingerprint density at radius 1 is 1.29 bits per heavy atom. The van der Waals surface area contributed by atoms with Crippen LogP contribution in [-0.2, 0) is 0 Å². The first-order chi connectivity index (χ1) is 7.90. The Bertz CT molecular complexity index is 265. The molecule has 7 N–H and O–H groups in total. The lowest BCUT2D eigenvalue weighted by Gasteiger charge is -2.22. The van der Waals surface area contributed by atoms with Crippen LogP contribution >= 0.6 is 0 Å². The molecule has 0 unspecified atom stereocenters. The summed E-state index contributed by atoms with van der Waals surface area (Å²) in [6, 6.07) is -0.514. The number of nitrogens with two attached hydrogens (primary N) is 2. The number of amidine groups is 1. The van der Waals surface area contributed by atoms with E-state index in [0.29, 0.717) is 13.1 Å². The van der Waals surface area contributed by atoms with E-state index >= 15 is 0 Å². The first kappa shape index (κ1) is 15.5. The second-order valence-corrected chi connectivity index (χ2v) is 4.51. The van der Waals surface area contributed by atoms with E-state index < -0.39 is 6.03 Å².